The molecule has 3 nitrogen and oxygen atoms in total. The lowest BCUT2D eigenvalue weighted by molar-refractivity contribution is -0.176. The van der Waals surface area contributed by atoms with Crippen molar-refractivity contribution >= 4 is 5.97 Å². The smallest absolute Gasteiger partial charge is 0.304 e. The first-order valence-electron chi connectivity index (χ1n) is 3.99. The molecule has 0 aromatic heterocycles. The van der Waals surface area contributed by atoms with Crippen molar-refractivity contribution in [1.82, 2.24) is 0 Å². The maximum absolute atomic E-state index is 10.5. The second-order valence-electron chi connectivity index (χ2n) is 2.32. The van der Waals surface area contributed by atoms with Crippen LogP contribution in [0, 0.1) is 0 Å². The summed E-state index contributed by atoms with van der Waals surface area (Å²) in [7, 11) is 0. The van der Waals surface area contributed by atoms with Gasteiger partial charge in [0.25, 0.3) is 0 Å². The number of hydrogen-bond donors (Lipinski definition) is 0. The second kappa shape index (κ2) is 6.16. The van der Waals surface area contributed by atoms with Gasteiger partial charge >= 0.3 is 5.97 Å². The predicted octanol–water partition coefficient (Wildman–Crippen LogP) is 1.71. The molecular formula is C8H16O3. The summed E-state index contributed by atoms with van der Waals surface area (Å²) in [5.74, 6) is -0.284. The van der Waals surface area contributed by atoms with Gasteiger partial charge in [-0.05, 0) is 6.42 Å². The van der Waals surface area contributed by atoms with Crippen molar-refractivity contribution in [1.29, 1.82) is 0 Å². The maximum Gasteiger partial charge on any atom is 0.304 e. The van der Waals surface area contributed by atoms with Crippen molar-refractivity contribution in [3.05, 3.63) is 0 Å². The van der Waals surface area contributed by atoms with Crippen LogP contribution >= 0.6 is 0 Å². The van der Waals surface area contributed by atoms with E-state index in [-0.39, 0.29) is 12.3 Å². The minimum atomic E-state index is -0.354. The molecule has 0 aromatic carbocycles. The van der Waals surface area contributed by atoms with Crippen LogP contribution in [-0.2, 0) is 14.3 Å². The van der Waals surface area contributed by atoms with Crippen LogP contribution in [0.15, 0.2) is 0 Å². The molecule has 0 fully saturated rings. The van der Waals surface area contributed by atoms with Gasteiger partial charge in [0.15, 0.2) is 0 Å². The summed E-state index contributed by atoms with van der Waals surface area (Å²) in [5.41, 5.74) is 0. The topological polar surface area (TPSA) is 35.5 Å². The zero-order chi connectivity index (χ0) is 8.69. The van der Waals surface area contributed by atoms with Gasteiger partial charge in [0.1, 0.15) is 0 Å². The van der Waals surface area contributed by atoms with Crippen LogP contribution < -0.4 is 0 Å². The number of esters is 1. The van der Waals surface area contributed by atoms with E-state index in [9.17, 15) is 4.79 Å². The molecule has 66 valence electrons. The van der Waals surface area contributed by atoms with E-state index in [2.05, 4.69) is 0 Å². The molecule has 0 saturated carbocycles. The number of carbonyl (C=O) groups excluding carboxylic acids is 1. The van der Waals surface area contributed by atoms with Crippen LogP contribution in [0.4, 0.5) is 0 Å². The normalized spacial score (nSPS) is 12.6. The monoisotopic (exact) mass is 160 g/mol. The van der Waals surface area contributed by atoms with Gasteiger partial charge in [0.2, 0.25) is 6.29 Å². The highest BCUT2D eigenvalue weighted by molar-refractivity contribution is 5.66. The average Bonchev–Trinajstić information content (AvgIpc) is 1.97. The molecule has 0 saturated heterocycles. The summed E-state index contributed by atoms with van der Waals surface area (Å²) in [6.45, 7) is 5.97. The Hall–Kier alpha value is -0.570. The van der Waals surface area contributed by atoms with Crippen LogP contribution in [0.5, 0.6) is 0 Å². The van der Waals surface area contributed by atoms with Crippen LogP contribution in [0.25, 0.3) is 0 Å². The summed E-state index contributed by atoms with van der Waals surface area (Å²) in [6.07, 6.45) is 1.30. The largest absolute Gasteiger partial charge is 0.436 e. The molecule has 0 aliphatic heterocycles. The second-order valence-corrected chi connectivity index (χ2v) is 2.32. The van der Waals surface area contributed by atoms with Gasteiger partial charge in [0.05, 0.1) is 6.61 Å². The first-order chi connectivity index (χ1) is 5.20. The van der Waals surface area contributed by atoms with E-state index in [4.69, 9.17) is 9.47 Å². The lowest BCUT2D eigenvalue weighted by Crippen LogP contribution is -2.19. The highest BCUT2D eigenvalue weighted by Crippen LogP contribution is 2.00. The molecule has 0 N–H and O–H groups in total. The molecule has 3 heteroatoms. The van der Waals surface area contributed by atoms with Crippen LogP contribution in [-0.4, -0.2) is 18.9 Å². The fraction of sp³-hybridized carbons (Fsp3) is 0.875. The first kappa shape index (κ1) is 10.4. The van der Waals surface area contributed by atoms with E-state index in [0.29, 0.717) is 13.0 Å². The number of carbonyl (C=O) groups is 1. The highest BCUT2D eigenvalue weighted by atomic mass is 16.7. The summed E-state index contributed by atoms with van der Waals surface area (Å²) >= 11 is 0. The van der Waals surface area contributed by atoms with E-state index in [1.807, 2.05) is 13.8 Å². The van der Waals surface area contributed by atoms with E-state index < -0.39 is 0 Å². The summed E-state index contributed by atoms with van der Waals surface area (Å²) in [4.78, 5) is 10.5. The van der Waals surface area contributed by atoms with Crippen LogP contribution in [0.1, 0.15) is 33.6 Å². The fourth-order valence-electron chi connectivity index (χ4n) is 0.670. The van der Waals surface area contributed by atoms with Gasteiger partial charge in [0, 0.05) is 13.3 Å². The summed E-state index contributed by atoms with van der Waals surface area (Å²) in [5, 5.41) is 0. The standard InChI is InChI=1S/C8H16O3/c1-4-6-10-8(5-2)11-7(3)9/h8H,4-6H2,1-3H3. The third-order valence-electron chi connectivity index (χ3n) is 1.14. The Labute approximate surface area is 67.7 Å². The van der Waals surface area contributed by atoms with Crippen molar-refractivity contribution < 1.29 is 14.3 Å². The molecule has 1 atom stereocenters. The molecule has 0 aliphatic rings. The maximum atomic E-state index is 10.5. The molecule has 0 spiro atoms. The van der Waals surface area contributed by atoms with Crippen molar-refractivity contribution in [2.75, 3.05) is 6.61 Å². The number of ether oxygens (including phenoxy) is 2. The van der Waals surface area contributed by atoms with Gasteiger partial charge in [-0.1, -0.05) is 13.8 Å². The van der Waals surface area contributed by atoms with Gasteiger partial charge in [-0.15, -0.1) is 0 Å². The molecule has 0 bridgehead atoms. The van der Waals surface area contributed by atoms with Crippen molar-refractivity contribution in [2.24, 2.45) is 0 Å². The Balaban J connectivity index is 3.49. The lowest BCUT2D eigenvalue weighted by Gasteiger charge is -2.14. The van der Waals surface area contributed by atoms with Gasteiger partial charge in [-0.3, -0.25) is 4.79 Å². The summed E-state index contributed by atoms with van der Waals surface area (Å²) < 4.78 is 10.0. The highest BCUT2D eigenvalue weighted by Gasteiger charge is 2.07. The molecule has 0 heterocycles. The molecule has 0 aliphatic carbocycles. The Bertz CT molecular complexity index is 112. The Morgan fingerprint density at radius 3 is 2.45 bits per heavy atom. The van der Waals surface area contributed by atoms with E-state index >= 15 is 0 Å². The van der Waals surface area contributed by atoms with Crippen molar-refractivity contribution in [2.45, 2.75) is 39.9 Å². The zero-order valence-corrected chi connectivity index (χ0v) is 7.42. The Morgan fingerprint density at radius 1 is 1.45 bits per heavy atom. The predicted molar refractivity (Wildman–Crippen MR) is 42.1 cm³/mol. The summed E-state index contributed by atoms with van der Waals surface area (Å²) in [6, 6.07) is 0. The third kappa shape index (κ3) is 5.85. The average molecular weight is 160 g/mol. The first-order valence-corrected chi connectivity index (χ1v) is 3.99. The molecule has 0 amide bonds. The molecule has 0 rings (SSSR count). The SMILES string of the molecule is CCCOC(CC)OC(C)=O. The molecule has 0 aromatic rings. The Kier molecular flexibility index (Phi) is 5.84. The van der Waals surface area contributed by atoms with Crippen molar-refractivity contribution in [3.63, 3.8) is 0 Å². The van der Waals surface area contributed by atoms with E-state index in [1.165, 1.54) is 6.92 Å². The molecule has 1 unspecified atom stereocenters. The van der Waals surface area contributed by atoms with Gasteiger partial charge in [-0.25, -0.2) is 0 Å². The zero-order valence-electron chi connectivity index (χ0n) is 7.42. The number of rotatable bonds is 5. The van der Waals surface area contributed by atoms with Crippen LogP contribution in [0.3, 0.4) is 0 Å². The van der Waals surface area contributed by atoms with Gasteiger partial charge < -0.3 is 9.47 Å². The molecule has 11 heavy (non-hydrogen) atoms. The lowest BCUT2D eigenvalue weighted by atomic mass is 10.4. The van der Waals surface area contributed by atoms with Crippen LogP contribution in [0.2, 0.25) is 0 Å². The quantitative estimate of drug-likeness (QED) is 0.453. The fourth-order valence-corrected chi connectivity index (χ4v) is 0.670. The molecule has 0 radical (unpaired) electrons. The Morgan fingerprint density at radius 2 is 2.09 bits per heavy atom. The van der Waals surface area contributed by atoms with Gasteiger partial charge in [-0.2, -0.15) is 0 Å². The minimum Gasteiger partial charge on any atom is -0.436 e. The van der Waals surface area contributed by atoms with E-state index in [1.54, 1.807) is 0 Å². The third-order valence-corrected chi connectivity index (χ3v) is 1.14. The molecular weight excluding hydrogens is 144 g/mol. The number of hydrogen-bond acceptors (Lipinski definition) is 3. The van der Waals surface area contributed by atoms with Crippen molar-refractivity contribution in [3.8, 4) is 0 Å². The minimum absolute atomic E-state index is 0.284. The van der Waals surface area contributed by atoms with E-state index in [0.717, 1.165) is 6.42 Å².